The molecule has 2 aromatic carbocycles. The summed E-state index contributed by atoms with van der Waals surface area (Å²) in [5.74, 6) is -3.17. The van der Waals surface area contributed by atoms with Gasteiger partial charge in [0.25, 0.3) is 0 Å². The van der Waals surface area contributed by atoms with E-state index in [9.17, 15) is 42.9 Å². The van der Waals surface area contributed by atoms with E-state index in [1.54, 1.807) is 56.7 Å². The van der Waals surface area contributed by atoms with E-state index in [0.717, 1.165) is 48.9 Å². The molecule has 2 aliphatic carbocycles. The molecule has 0 spiro atoms. The minimum atomic E-state index is -1.21. The summed E-state index contributed by atoms with van der Waals surface area (Å²) in [6.45, 7) is 28.9. The first kappa shape index (κ1) is 103. The zero-order chi connectivity index (χ0) is 92.3. The third-order valence-corrected chi connectivity index (χ3v) is 26.7. The molecule has 2 saturated carbocycles. The molecule has 34 heteroatoms. The second-order valence-electron chi connectivity index (χ2n) is 37.1. The highest BCUT2D eigenvalue weighted by Crippen LogP contribution is 2.49. The SMILES string of the molecule is C#Cc1cccc(N)c1.CC[C@H]1OC(=O)[C@H](C)C(=O)[C@H](C)[C@@H](O[C@@H]2OC(C)CC(N(C)C)C2O)[C@](C)(OC)C[C@@H](C)CNC(C2CC2)[C@H]2N(CCCCN=[N+]=[N-])C(=O)O[C@]12C.CC[C@H]1OC(=O)[C@H](C)C(=O)[C@H](C)[C@@H](O[C@@H]2OC(C)CC(N(C)C)C2O)[C@](C)(OC)C[C@@H](C)CNC(C2CC2)[C@H]2N(CCCCn3cc(-c4cccc(N)c4)nn3)C(=O)O[C@]12C.CSF. The Kier molecular flexibility index (Phi) is 38.1. The molecule has 11 rings (SSSR count). The Labute approximate surface area is 744 Å². The number of hydrogen-bond acceptors (Lipinski definition) is 28. The number of nitrogens with one attached hydrogen (secondary N) is 2. The van der Waals surface area contributed by atoms with E-state index in [-0.39, 0.29) is 83.8 Å². The molecule has 125 heavy (non-hydrogen) atoms. The van der Waals surface area contributed by atoms with Crippen molar-refractivity contribution in [3.8, 4) is 23.6 Å². The van der Waals surface area contributed by atoms with Crippen LogP contribution < -0.4 is 22.1 Å². The van der Waals surface area contributed by atoms with Crippen LogP contribution in [0.4, 0.5) is 24.8 Å². The van der Waals surface area contributed by atoms with Crippen LogP contribution in [0.5, 0.6) is 0 Å². The van der Waals surface area contributed by atoms with Gasteiger partial charge >= 0.3 is 24.1 Å². The number of ether oxygens (including phenoxy) is 10. The number of nitrogen functional groups attached to an aromatic ring is 2. The number of amides is 2. The lowest BCUT2D eigenvalue weighted by Crippen LogP contribution is -2.62. The summed E-state index contributed by atoms with van der Waals surface area (Å²) >= 11 is 0.250. The number of fused-ring (bicyclic) bond motifs is 2. The Bertz CT molecular complexity index is 4100. The largest absolute Gasteiger partial charge is 0.458 e. The fraction of sp³-hybridized carbons (Fsp3) is 0.758. The van der Waals surface area contributed by atoms with Crippen LogP contribution in [0, 0.1) is 59.7 Å². The molecule has 26 atom stereocenters. The standard InChI is InChI=1S/C45H71N7O9.C37H64N6O9.C8H7N.CH3FS/c1-11-35-45(7)39(52(43(56)61-45)20-13-12-19-51-25-33(48-49-51)31-15-14-16-32(46)22-31)36(30-17-18-30)47-24-26(2)23-44(6,57-10)40(28(4)37(53)29(5)41(55)59-35)60-42-38(54)34(50(8)9)21-27(3)58-42;1-11-27-37(7)31(43(35(47)52-37)17-13-12-16-40-41-38)28(25-14-15-25)39-20-21(2)19-36(6,48-10)32(23(4)29(44)24(5)33(46)50-27)51-34-30(45)26(42(8)9)18-22(3)49-34;1-2-7-4-3-5-8(9)6-7;1-3-2/h14-16,22,25-30,34-36,38-40,42,47,54H,11-13,17-21,23-24,46H2,1-10H3;21-28,30-32,34,39,45H,11-20H2,1-10H3;1,3-6H,9H2;1H3/t26-,27?,28+,29-,34?,35-,36?,38?,39-,40-,42+,44-,45-;21-,22?,23+,24-,26?,27-,28?,30?,31-,32-,34+,36-,37-;;/m11../s1. The van der Waals surface area contributed by atoms with Crippen molar-refractivity contribution in [2.75, 3.05) is 92.9 Å². The summed E-state index contributed by atoms with van der Waals surface area (Å²) in [5.41, 5.74) is 19.5. The number of terminal acetylenes is 1. The number of ketones is 2. The number of aliphatic hydroxyl groups excluding tert-OH is 2. The van der Waals surface area contributed by atoms with Gasteiger partial charge < -0.3 is 89.5 Å². The van der Waals surface area contributed by atoms with Crippen molar-refractivity contribution < 1.29 is 90.2 Å². The van der Waals surface area contributed by atoms with Crippen LogP contribution >= 0.6 is 12.1 Å². The van der Waals surface area contributed by atoms with Crippen molar-refractivity contribution in [1.82, 2.24) is 45.2 Å². The Morgan fingerprint density at radius 3 is 1.46 bits per heavy atom. The van der Waals surface area contributed by atoms with Crippen molar-refractivity contribution in [3.05, 3.63) is 70.7 Å². The lowest BCUT2D eigenvalue weighted by Gasteiger charge is -2.46. The predicted octanol–water partition coefficient (Wildman–Crippen LogP) is 11.6. The average Bonchev–Trinajstić information content (AvgIpc) is 1.59. The van der Waals surface area contributed by atoms with E-state index in [0.29, 0.717) is 108 Å². The van der Waals surface area contributed by atoms with Crippen LogP contribution in [0.3, 0.4) is 0 Å². The molecule has 32 nitrogen and oxygen atoms in total. The molecule has 6 saturated heterocycles. The van der Waals surface area contributed by atoms with E-state index in [1.165, 1.54) is 13.2 Å². The molecule has 8 N–H and O–H groups in total. The number of benzene rings is 2. The number of aliphatic hydroxyl groups is 2. The molecule has 700 valence electrons. The van der Waals surface area contributed by atoms with Gasteiger partial charge in [0, 0.05) is 122 Å². The van der Waals surface area contributed by atoms with E-state index < -0.39 is 131 Å². The molecule has 8 unspecified atom stereocenters. The number of esters is 2. The van der Waals surface area contributed by atoms with Gasteiger partial charge in [0.1, 0.15) is 41.9 Å². The first-order valence-corrected chi connectivity index (χ1v) is 45.9. The number of methoxy groups -OCH3 is 2. The maximum atomic E-state index is 14.5. The van der Waals surface area contributed by atoms with Gasteiger partial charge in [-0.1, -0.05) is 76.0 Å². The number of aromatic nitrogens is 3. The number of rotatable bonds is 23. The van der Waals surface area contributed by atoms with Gasteiger partial charge in [0.15, 0.2) is 35.3 Å². The number of aryl methyl sites for hydroxylation is 1. The lowest BCUT2D eigenvalue weighted by molar-refractivity contribution is -0.295. The number of carbonyl (C=O) groups excluding carboxylic acids is 6. The van der Waals surface area contributed by atoms with E-state index in [4.69, 9.17) is 70.8 Å². The normalized spacial score (nSPS) is 35.8. The van der Waals surface area contributed by atoms with Crippen LogP contribution in [0.15, 0.2) is 59.8 Å². The quantitative estimate of drug-likeness (QED) is 0.00591. The summed E-state index contributed by atoms with van der Waals surface area (Å²) in [5, 5.41) is 42.9. The molecule has 8 aliphatic rings. The van der Waals surface area contributed by atoms with Gasteiger partial charge in [0.2, 0.25) is 0 Å². The summed E-state index contributed by atoms with van der Waals surface area (Å²) in [7, 11) is 10.8. The number of cyclic esters (lactones) is 2. The van der Waals surface area contributed by atoms with Crippen LogP contribution in [-0.2, 0) is 73.1 Å². The lowest BCUT2D eigenvalue weighted by atomic mass is 9.78. The highest BCUT2D eigenvalue weighted by atomic mass is 32.2. The van der Waals surface area contributed by atoms with Crippen molar-refractivity contribution in [3.63, 3.8) is 0 Å². The summed E-state index contributed by atoms with van der Waals surface area (Å²) in [6, 6.07) is 13.1. The van der Waals surface area contributed by atoms with Gasteiger partial charge in [-0.3, -0.25) is 33.7 Å². The molecule has 6 aliphatic heterocycles. The number of hydrogen-bond donors (Lipinski definition) is 6. The Hall–Kier alpha value is -7.33. The molecule has 0 radical (unpaired) electrons. The second-order valence-corrected chi connectivity index (χ2v) is 37.4. The Morgan fingerprint density at radius 1 is 0.664 bits per heavy atom. The fourth-order valence-electron chi connectivity index (χ4n) is 19.5. The highest BCUT2D eigenvalue weighted by Gasteiger charge is 2.64. The first-order valence-electron chi connectivity index (χ1n) is 44.8. The highest BCUT2D eigenvalue weighted by molar-refractivity contribution is 7.93. The van der Waals surface area contributed by atoms with Crippen LogP contribution in [0.1, 0.15) is 192 Å². The number of unbranched alkanes of at least 4 members (excludes halogenated alkanes) is 2. The smallest absolute Gasteiger partial charge is 0.410 e. The van der Waals surface area contributed by atoms with Crippen molar-refractivity contribution in [1.29, 1.82) is 0 Å². The molecule has 7 heterocycles. The third-order valence-electron chi connectivity index (χ3n) is 26.7. The number of nitrogens with two attached hydrogens (primary N) is 2. The molecule has 2 amide bonds. The maximum absolute atomic E-state index is 14.5. The van der Waals surface area contributed by atoms with Gasteiger partial charge in [-0.25, -0.2) is 9.59 Å². The second kappa shape index (κ2) is 46.3. The Balaban J connectivity index is 0.000000276. The molecular formula is C91H145FN14O18S. The number of carbonyl (C=O) groups is 6. The number of Topliss-reactive ketones (excluding diaryl/α,β-unsaturated/α-hetero) is 2. The van der Waals surface area contributed by atoms with Crippen molar-refractivity contribution in [2.45, 2.75) is 313 Å². The average molecular weight is 1770 g/mol. The third kappa shape index (κ3) is 25.8. The number of nitrogens with zero attached hydrogens (tertiary/aromatic N) is 10. The Morgan fingerprint density at radius 2 is 1.08 bits per heavy atom. The molecule has 8 fully saturated rings. The van der Waals surface area contributed by atoms with Crippen LogP contribution in [0.25, 0.3) is 21.7 Å². The zero-order valence-electron chi connectivity index (χ0n) is 77.6. The number of halogens is 1. The molecule has 3 aromatic rings. The topological polar surface area (TPSA) is 404 Å². The predicted molar refractivity (Wildman–Crippen MR) is 476 cm³/mol. The van der Waals surface area contributed by atoms with E-state index >= 15 is 0 Å². The minimum absolute atomic E-state index is 0.00489. The van der Waals surface area contributed by atoms with Gasteiger partial charge in [0.05, 0.1) is 53.9 Å². The first-order chi connectivity index (χ1) is 59.2. The maximum Gasteiger partial charge on any atom is 0.410 e. The van der Waals surface area contributed by atoms with Gasteiger partial charge in [-0.05, 0) is 246 Å². The van der Waals surface area contributed by atoms with Gasteiger partial charge in [-0.15, -0.1) is 11.5 Å². The molecule has 0 bridgehead atoms. The number of anilines is 2. The monoisotopic (exact) mass is 1770 g/mol. The number of likely N-dealkylation sites (N-methyl/N-ethyl adjacent to an activating group) is 2. The van der Waals surface area contributed by atoms with Gasteiger partial charge in [-0.2, -0.15) is 3.89 Å². The van der Waals surface area contributed by atoms with Crippen molar-refractivity contribution in [2.24, 2.45) is 52.5 Å². The van der Waals surface area contributed by atoms with Crippen LogP contribution in [-0.4, -0.2) is 282 Å². The van der Waals surface area contributed by atoms with Crippen molar-refractivity contribution >= 4 is 59.2 Å². The summed E-state index contributed by atoms with van der Waals surface area (Å²) < 4.78 is 75.4. The van der Waals surface area contributed by atoms with E-state index in [2.05, 4.69) is 50.7 Å². The van der Waals surface area contributed by atoms with Crippen LogP contribution in [0.2, 0.25) is 0 Å². The minimum Gasteiger partial charge on any atom is -0.458 e. The zero-order valence-corrected chi connectivity index (χ0v) is 78.4. The molecular weight excluding hydrogens is 1630 g/mol. The molecule has 1 aromatic heterocycles. The number of azide groups is 1. The summed E-state index contributed by atoms with van der Waals surface area (Å²) in [4.78, 5) is 95.0. The summed E-state index contributed by atoms with van der Waals surface area (Å²) in [6.07, 6.45) is 9.04. The van der Waals surface area contributed by atoms with E-state index in [1.807, 2.05) is 141 Å². The fourth-order valence-corrected chi connectivity index (χ4v) is 19.5.